The first-order valence-corrected chi connectivity index (χ1v) is 2.16. The Morgan fingerprint density at radius 3 is 2.43 bits per heavy atom. The molecule has 0 aliphatic heterocycles. The predicted octanol–water partition coefficient (Wildman–Crippen LogP) is -0.829. The van der Waals surface area contributed by atoms with Crippen molar-refractivity contribution < 1.29 is 9.84 Å². The van der Waals surface area contributed by atoms with Gasteiger partial charge in [-0.2, -0.15) is 0 Å². The summed E-state index contributed by atoms with van der Waals surface area (Å²) in [4.78, 5) is 0. The monoisotopic (exact) mass is 105 g/mol. The van der Waals surface area contributed by atoms with Gasteiger partial charge in [0, 0.05) is 7.11 Å². The third-order valence-corrected chi connectivity index (χ3v) is 0.772. The minimum atomic E-state index is -0.208. The molecule has 3 heteroatoms. The van der Waals surface area contributed by atoms with Crippen LogP contribution in [0, 0.1) is 0 Å². The third kappa shape index (κ3) is 2.56. The number of likely N-dealkylation sites (N-methyl/N-ethyl adjacent to an activating group) is 1. The zero-order valence-corrected chi connectivity index (χ0v) is 4.64. The van der Waals surface area contributed by atoms with E-state index >= 15 is 0 Å². The average Bonchev–Trinajstić information content (AvgIpc) is 1.72. The molecule has 44 valence electrons. The molecule has 0 amide bonds. The molecule has 0 heterocycles. The molecule has 0 aliphatic rings. The summed E-state index contributed by atoms with van der Waals surface area (Å²) in [7, 11) is 3.27. The molecular weight excluding hydrogens is 94.0 g/mol. The second-order valence-electron chi connectivity index (χ2n) is 1.20. The predicted molar refractivity (Wildman–Crippen MR) is 26.9 cm³/mol. The van der Waals surface area contributed by atoms with E-state index in [1.54, 1.807) is 7.05 Å². The van der Waals surface area contributed by atoms with Gasteiger partial charge in [0.25, 0.3) is 0 Å². The molecule has 0 aliphatic carbocycles. The van der Waals surface area contributed by atoms with E-state index in [1.807, 2.05) is 0 Å². The molecule has 3 nitrogen and oxygen atoms in total. The molecule has 0 bridgehead atoms. The van der Waals surface area contributed by atoms with E-state index in [9.17, 15) is 0 Å². The van der Waals surface area contributed by atoms with E-state index in [-0.39, 0.29) is 12.8 Å². The summed E-state index contributed by atoms with van der Waals surface area (Å²) < 4.78 is 4.69. The minimum absolute atomic E-state index is 0.0208. The van der Waals surface area contributed by atoms with E-state index in [2.05, 4.69) is 10.1 Å². The molecule has 0 rings (SSSR count). The molecule has 0 radical (unpaired) electrons. The Labute approximate surface area is 43.3 Å². The number of methoxy groups -OCH3 is 1. The Kier molecular flexibility index (Phi) is 3.98. The fraction of sp³-hybridized carbons (Fsp3) is 1.00. The van der Waals surface area contributed by atoms with Gasteiger partial charge in [-0.3, -0.25) is 5.32 Å². The molecule has 0 saturated heterocycles. The third-order valence-electron chi connectivity index (χ3n) is 0.772. The summed E-state index contributed by atoms with van der Waals surface area (Å²) in [5.41, 5.74) is 0. The van der Waals surface area contributed by atoms with Crippen LogP contribution in [-0.4, -0.2) is 32.1 Å². The van der Waals surface area contributed by atoms with E-state index in [0.717, 1.165) is 0 Å². The molecular formula is C4H11NO2. The lowest BCUT2D eigenvalue weighted by Gasteiger charge is -2.08. The van der Waals surface area contributed by atoms with Crippen LogP contribution in [0.15, 0.2) is 0 Å². The Hall–Kier alpha value is -0.120. The zero-order chi connectivity index (χ0) is 5.70. The fourth-order valence-electron chi connectivity index (χ4n) is 0.284. The van der Waals surface area contributed by atoms with Gasteiger partial charge in [0.2, 0.25) is 0 Å². The SMILES string of the molecule is CNC(CO)OC. The van der Waals surface area contributed by atoms with E-state index < -0.39 is 0 Å². The lowest BCUT2D eigenvalue weighted by molar-refractivity contribution is 0.0308. The number of aliphatic hydroxyl groups excluding tert-OH is 1. The maximum Gasteiger partial charge on any atom is 0.130 e. The van der Waals surface area contributed by atoms with Crippen LogP contribution in [0.2, 0.25) is 0 Å². The van der Waals surface area contributed by atoms with Crippen LogP contribution in [0.3, 0.4) is 0 Å². The van der Waals surface area contributed by atoms with Crippen LogP contribution in [0.5, 0.6) is 0 Å². The molecule has 1 unspecified atom stereocenters. The average molecular weight is 105 g/mol. The maximum atomic E-state index is 8.34. The minimum Gasteiger partial charge on any atom is -0.392 e. The molecule has 0 aromatic heterocycles. The standard InChI is InChI=1S/C4H11NO2/c1-5-4(3-6)7-2/h4-6H,3H2,1-2H3. The molecule has 0 aromatic rings. The van der Waals surface area contributed by atoms with Crippen molar-refractivity contribution in [1.82, 2.24) is 5.32 Å². The van der Waals surface area contributed by atoms with Gasteiger partial charge in [0.05, 0.1) is 6.61 Å². The lowest BCUT2D eigenvalue weighted by Crippen LogP contribution is -2.30. The summed E-state index contributed by atoms with van der Waals surface area (Å²) in [5.74, 6) is 0. The van der Waals surface area contributed by atoms with Gasteiger partial charge in [-0.15, -0.1) is 0 Å². The van der Waals surface area contributed by atoms with Crippen LogP contribution < -0.4 is 5.32 Å². The molecule has 0 saturated carbocycles. The summed E-state index contributed by atoms with van der Waals surface area (Å²) >= 11 is 0. The summed E-state index contributed by atoms with van der Waals surface area (Å²) in [6.07, 6.45) is -0.208. The highest BCUT2D eigenvalue weighted by atomic mass is 16.5. The maximum absolute atomic E-state index is 8.34. The Morgan fingerprint density at radius 1 is 1.86 bits per heavy atom. The van der Waals surface area contributed by atoms with Crippen molar-refractivity contribution in [3.8, 4) is 0 Å². The second kappa shape index (κ2) is 4.05. The highest BCUT2D eigenvalue weighted by Gasteiger charge is 1.96. The molecule has 0 spiro atoms. The largest absolute Gasteiger partial charge is 0.392 e. The van der Waals surface area contributed by atoms with Crippen molar-refractivity contribution in [2.75, 3.05) is 20.8 Å². The van der Waals surface area contributed by atoms with Crippen molar-refractivity contribution in [3.63, 3.8) is 0 Å². The summed E-state index contributed by atoms with van der Waals surface area (Å²) in [6, 6.07) is 0. The Morgan fingerprint density at radius 2 is 2.43 bits per heavy atom. The van der Waals surface area contributed by atoms with Crippen molar-refractivity contribution in [1.29, 1.82) is 0 Å². The number of rotatable bonds is 3. The molecule has 1 atom stereocenters. The van der Waals surface area contributed by atoms with Crippen molar-refractivity contribution in [3.05, 3.63) is 0 Å². The summed E-state index contributed by atoms with van der Waals surface area (Å²) in [6.45, 7) is 0.0208. The van der Waals surface area contributed by atoms with Crippen LogP contribution in [0.25, 0.3) is 0 Å². The number of aliphatic hydroxyl groups is 1. The zero-order valence-electron chi connectivity index (χ0n) is 4.64. The lowest BCUT2D eigenvalue weighted by atomic mass is 10.6. The van der Waals surface area contributed by atoms with Crippen LogP contribution in [-0.2, 0) is 4.74 Å². The van der Waals surface area contributed by atoms with Crippen LogP contribution in [0.1, 0.15) is 0 Å². The van der Waals surface area contributed by atoms with Crippen molar-refractivity contribution >= 4 is 0 Å². The number of hydrogen-bond donors (Lipinski definition) is 2. The number of ether oxygens (including phenoxy) is 1. The van der Waals surface area contributed by atoms with Gasteiger partial charge < -0.3 is 9.84 Å². The van der Waals surface area contributed by atoms with Gasteiger partial charge >= 0.3 is 0 Å². The van der Waals surface area contributed by atoms with Gasteiger partial charge in [-0.25, -0.2) is 0 Å². The van der Waals surface area contributed by atoms with Crippen LogP contribution >= 0.6 is 0 Å². The fourth-order valence-corrected chi connectivity index (χ4v) is 0.284. The normalized spacial score (nSPS) is 14.1. The topological polar surface area (TPSA) is 41.5 Å². The first kappa shape index (κ1) is 6.88. The first-order chi connectivity index (χ1) is 3.35. The molecule has 0 fully saturated rings. The molecule has 2 N–H and O–H groups in total. The van der Waals surface area contributed by atoms with Gasteiger partial charge in [-0.1, -0.05) is 0 Å². The smallest absolute Gasteiger partial charge is 0.130 e. The highest BCUT2D eigenvalue weighted by Crippen LogP contribution is 1.76. The molecule has 7 heavy (non-hydrogen) atoms. The second-order valence-corrected chi connectivity index (χ2v) is 1.20. The quantitative estimate of drug-likeness (QED) is 0.460. The first-order valence-electron chi connectivity index (χ1n) is 2.16. The van der Waals surface area contributed by atoms with E-state index in [4.69, 9.17) is 5.11 Å². The van der Waals surface area contributed by atoms with Gasteiger partial charge in [0.1, 0.15) is 6.23 Å². The van der Waals surface area contributed by atoms with Crippen molar-refractivity contribution in [2.24, 2.45) is 0 Å². The van der Waals surface area contributed by atoms with E-state index in [0.29, 0.717) is 0 Å². The van der Waals surface area contributed by atoms with Gasteiger partial charge in [-0.05, 0) is 7.05 Å². The van der Waals surface area contributed by atoms with E-state index in [1.165, 1.54) is 7.11 Å². The Balaban J connectivity index is 2.99. The summed E-state index contributed by atoms with van der Waals surface area (Å²) in [5, 5.41) is 11.1. The van der Waals surface area contributed by atoms with Crippen LogP contribution in [0.4, 0.5) is 0 Å². The van der Waals surface area contributed by atoms with Crippen molar-refractivity contribution in [2.45, 2.75) is 6.23 Å². The van der Waals surface area contributed by atoms with Gasteiger partial charge in [0.15, 0.2) is 0 Å². The molecule has 0 aromatic carbocycles. The Bertz CT molecular complexity index is 31.2. The number of hydrogen-bond acceptors (Lipinski definition) is 3. The highest BCUT2D eigenvalue weighted by molar-refractivity contribution is 4.42. The number of nitrogens with one attached hydrogen (secondary N) is 1.